The first kappa shape index (κ1) is 14.5. The minimum Gasteiger partial charge on any atom is -0.298 e. The topological polar surface area (TPSA) is 6.48 Å². The van der Waals surface area contributed by atoms with Crippen molar-refractivity contribution in [2.45, 2.75) is 51.7 Å². The van der Waals surface area contributed by atoms with Crippen molar-refractivity contribution in [1.29, 1.82) is 0 Å². The van der Waals surface area contributed by atoms with E-state index < -0.39 is 0 Å². The van der Waals surface area contributed by atoms with E-state index in [4.69, 9.17) is 0 Å². The lowest BCUT2D eigenvalue weighted by atomic mass is 9.97. The fourth-order valence-corrected chi connectivity index (χ4v) is 2.92. The van der Waals surface area contributed by atoms with Crippen molar-refractivity contribution in [3.8, 4) is 0 Å². The molecule has 0 bridgehead atoms. The van der Waals surface area contributed by atoms with Crippen molar-refractivity contribution in [1.82, 2.24) is 9.80 Å². The number of nitrogens with zero attached hydrogens (tertiary/aromatic N) is 2. The monoisotopic (exact) mass is 260 g/mol. The Hall–Kier alpha value is -0.860. The first-order valence-electron chi connectivity index (χ1n) is 7.46. The molecule has 1 aromatic carbocycles. The van der Waals surface area contributed by atoms with Crippen molar-refractivity contribution in [3.63, 3.8) is 0 Å². The fraction of sp³-hybridized carbons (Fsp3) is 0.647. The minimum atomic E-state index is 0.298. The Bertz CT molecular complexity index is 380. The van der Waals surface area contributed by atoms with Gasteiger partial charge in [0.15, 0.2) is 0 Å². The molecule has 0 amide bonds. The molecule has 0 aliphatic carbocycles. The highest BCUT2D eigenvalue weighted by Gasteiger charge is 2.29. The van der Waals surface area contributed by atoms with E-state index in [1.54, 1.807) is 0 Å². The molecule has 0 spiro atoms. The maximum atomic E-state index is 2.63. The predicted molar refractivity (Wildman–Crippen MR) is 82.3 cm³/mol. The van der Waals surface area contributed by atoms with Crippen LogP contribution in [0.15, 0.2) is 30.3 Å². The van der Waals surface area contributed by atoms with Crippen molar-refractivity contribution < 1.29 is 0 Å². The van der Waals surface area contributed by atoms with Crippen LogP contribution in [0.4, 0.5) is 0 Å². The molecule has 1 aliphatic rings. The Morgan fingerprint density at radius 1 is 1.21 bits per heavy atom. The third-order valence-electron chi connectivity index (χ3n) is 4.24. The molecule has 0 radical (unpaired) electrons. The average Bonchev–Trinajstić information content (AvgIpc) is 2.39. The Labute approximate surface area is 118 Å². The zero-order valence-electron chi connectivity index (χ0n) is 12.9. The molecule has 1 atom stereocenters. The van der Waals surface area contributed by atoms with E-state index in [-0.39, 0.29) is 0 Å². The minimum absolute atomic E-state index is 0.298. The number of piperidine rings is 1. The summed E-state index contributed by atoms with van der Waals surface area (Å²) in [5.74, 6) is 0. The molecule has 0 saturated carbocycles. The van der Waals surface area contributed by atoms with E-state index >= 15 is 0 Å². The Balaban J connectivity index is 1.94. The zero-order chi connectivity index (χ0) is 13.9. The lowest BCUT2D eigenvalue weighted by molar-refractivity contribution is 0.0507. The van der Waals surface area contributed by atoms with Crippen LogP contribution in [0.3, 0.4) is 0 Å². The third kappa shape index (κ3) is 4.05. The molecule has 106 valence electrons. The van der Waals surface area contributed by atoms with Crippen LogP contribution in [0.5, 0.6) is 0 Å². The molecule has 2 rings (SSSR count). The summed E-state index contributed by atoms with van der Waals surface area (Å²) in [7, 11) is 2.27. The molecule has 2 heteroatoms. The smallest absolute Gasteiger partial charge is 0.0234 e. The molecule has 1 heterocycles. The summed E-state index contributed by atoms with van der Waals surface area (Å²) in [5.41, 5.74) is 1.71. The van der Waals surface area contributed by atoms with Crippen LogP contribution >= 0.6 is 0 Å². The SMILES string of the molecule is CN(Cc1ccccc1)C1CCCN(C(C)(C)C)C1. The number of likely N-dealkylation sites (tertiary alicyclic amines) is 1. The molecule has 1 saturated heterocycles. The highest BCUT2D eigenvalue weighted by atomic mass is 15.2. The van der Waals surface area contributed by atoms with Crippen LogP contribution in [0.1, 0.15) is 39.2 Å². The number of benzene rings is 1. The Morgan fingerprint density at radius 2 is 1.89 bits per heavy atom. The summed E-state index contributed by atoms with van der Waals surface area (Å²) in [5, 5.41) is 0. The predicted octanol–water partition coefficient (Wildman–Crippen LogP) is 3.38. The van der Waals surface area contributed by atoms with Crippen LogP contribution in [0, 0.1) is 0 Å². The van der Waals surface area contributed by atoms with Gasteiger partial charge in [-0.05, 0) is 52.8 Å². The van der Waals surface area contributed by atoms with E-state index in [1.807, 2.05) is 0 Å². The number of rotatable bonds is 3. The molecule has 1 fully saturated rings. The van der Waals surface area contributed by atoms with Crippen molar-refractivity contribution in [2.75, 3.05) is 20.1 Å². The van der Waals surface area contributed by atoms with Gasteiger partial charge >= 0.3 is 0 Å². The summed E-state index contributed by atoms with van der Waals surface area (Å²) in [6.45, 7) is 10.5. The van der Waals surface area contributed by atoms with E-state index in [0.717, 1.165) is 6.54 Å². The maximum Gasteiger partial charge on any atom is 0.0234 e. The summed E-state index contributed by atoms with van der Waals surface area (Å²) < 4.78 is 0. The third-order valence-corrected chi connectivity index (χ3v) is 4.24. The Morgan fingerprint density at radius 3 is 2.53 bits per heavy atom. The van der Waals surface area contributed by atoms with Gasteiger partial charge in [0.1, 0.15) is 0 Å². The highest BCUT2D eigenvalue weighted by molar-refractivity contribution is 5.14. The summed E-state index contributed by atoms with van der Waals surface area (Å²) in [4.78, 5) is 5.15. The van der Waals surface area contributed by atoms with Gasteiger partial charge in [0.2, 0.25) is 0 Å². The van der Waals surface area contributed by atoms with Gasteiger partial charge in [0.25, 0.3) is 0 Å². The van der Waals surface area contributed by atoms with Gasteiger partial charge in [-0.2, -0.15) is 0 Å². The maximum absolute atomic E-state index is 2.63. The van der Waals surface area contributed by atoms with Gasteiger partial charge in [0.05, 0.1) is 0 Å². The lowest BCUT2D eigenvalue weighted by Crippen LogP contribution is -2.52. The molecule has 19 heavy (non-hydrogen) atoms. The summed E-state index contributed by atoms with van der Waals surface area (Å²) in [6, 6.07) is 11.5. The highest BCUT2D eigenvalue weighted by Crippen LogP contribution is 2.23. The van der Waals surface area contributed by atoms with E-state index in [1.165, 1.54) is 31.5 Å². The van der Waals surface area contributed by atoms with Crippen molar-refractivity contribution in [3.05, 3.63) is 35.9 Å². The van der Waals surface area contributed by atoms with E-state index in [0.29, 0.717) is 11.6 Å². The van der Waals surface area contributed by atoms with Crippen LogP contribution in [0.25, 0.3) is 0 Å². The molecule has 2 nitrogen and oxygen atoms in total. The molecule has 1 aliphatic heterocycles. The lowest BCUT2D eigenvalue weighted by Gasteiger charge is -2.44. The first-order chi connectivity index (χ1) is 8.97. The molecular weight excluding hydrogens is 232 g/mol. The van der Waals surface area contributed by atoms with Gasteiger partial charge < -0.3 is 0 Å². The average molecular weight is 260 g/mol. The molecular formula is C17H28N2. The van der Waals surface area contributed by atoms with Crippen LogP contribution in [-0.4, -0.2) is 41.5 Å². The van der Waals surface area contributed by atoms with Crippen molar-refractivity contribution >= 4 is 0 Å². The normalized spacial score (nSPS) is 21.8. The second-order valence-corrected chi connectivity index (χ2v) is 6.81. The first-order valence-corrected chi connectivity index (χ1v) is 7.46. The quantitative estimate of drug-likeness (QED) is 0.822. The van der Waals surface area contributed by atoms with Crippen LogP contribution < -0.4 is 0 Å². The van der Waals surface area contributed by atoms with Gasteiger partial charge in [-0.25, -0.2) is 0 Å². The number of hydrogen-bond donors (Lipinski definition) is 0. The van der Waals surface area contributed by atoms with Gasteiger partial charge in [-0.3, -0.25) is 9.80 Å². The molecule has 1 aromatic rings. The Kier molecular flexibility index (Phi) is 4.64. The van der Waals surface area contributed by atoms with Crippen molar-refractivity contribution in [2.24, 2.45) is 0 Å². The molecule has 1 unspecified atom stereocenters. The molecule has 0 N–H and O–H groups in total. The second kappa shape index (κ2) is 6.06. The van der Waals surface area contributed by atoms with Gasteiger partial charge in [0, 0.05) is 24.7 Å². The largest absolute Gasteiger partial charge is 0.298 e. The standard InChI is InChI=1S/C17H28N2/c1-17(2,3)19-12-8-11-16(14-19)18(4)13-15-9-6-5-7-10-15/h5-7,9-10,16H,8,11-14H2,1-4H3. The van der Waals surface area contributed by atoms with Gasteiger partial charge in [-0.15, -0.1) is 0 Å². The van der Waals surface area contributed by atoms with Gasteiger partial charge in [-0.1, -0.05) is 30.3 Å². The van der Waals surface area contributed by atoms with Crippen LogP contribution in [-0.2, 0) is 6.54 Å². The molecule has 0 aromatic heterocycles. The number of likely N-dealkylation sites (N-methyl/N-ethyl adjacent to an activating group) is 1. The number of hydrogen-bond acceptors (Lipinski definition) is 2. The fourth-order valence-electron chi connectivity index (χ4n) is 2.92. The van der Waals surface area contributed by atoms with E-state index in [2.05, 4.69) is 68.0 Å². The second-order valence-electron chi connectivity index (χ2n) is 6.81. The van der Waals surface area contributed by atoms with E-state index in [9.17, 15) is 0 Å². The summed E-state index contributed by atoms with van der Waals surface area (Å²) in [6.07, 6.45) is 2.65. The zero-order valence-corrected chi connectivity index (χ0v) is 12.9. The summed E-state index contributed by atoms with van der Waals surface area (Å²) >= 11 is 0. The van der Waals surface area contributed by atoms with Crippen LogP contribution in [0.2, 0.25) is 0 Å².